The molecule has 0 aliphatic carbocycles. The van der Waals surface area contributed by atoms with Gasteiger partial charge in [-0.05, 0) is 25.0 Å². The van der Waals surface area contributed by atoms with E-state index in [2.05, 4.69) is 30.1 Å². The number of nitrogens with zero attached hydrogens (tertiary/aromatic N) is 1. The van der Waals surface area contributed by atoms with E-state index in [1.165, 1.54) is 10.9 Å². The van der Waals surface area contributed by atoms with Gasteiger partial charge in [-0.2, -0.15) is 5.26 Å². The van der Waals surface area contributed by atoms with Crippen LogP contribution in [0.15, 0.2) is 18.2 Å². The third-order valence-corrected chi connectivity index (χ3v) is 2.62. The Hall–Kier alpha value is -1.75. The van der Waals surface area contributed by atoms with E-state index in [4.69, 9.17) is 5.26 Å². The maximum atomic E-state index is 8.73. The normalized spacial score (nSPS) is 10.4. The highest BCUT2D eigenvalue weighted by Crippen LogP contribution is 2.24. The number of aromatic amines is 1. The van der Waals surface area contributed by atoms with Gasteiger partial charge >= 0.3 is 0 Å². The average Bonchev–Trinajstić information content (AvgIpc) is 2.47. The Morgan fingerprint density at radius 2 is 2.14 bits per heavy atom. The molecular formula is C12H12N2. The van der Waals surface area contributed by atoms with Crippen LogP contribution >= 0.6 is 0 Å². The first-order valence-corrected chi connectivity index (χ1v) is 4.67. The van der Waals surface area contributed by atoms with Crippen LogP contribution in [0.2, 0.25) is 0 Å². The van der Waals surface area contributed by atoms with Crippen LogP contribution in [0.3, 0.4) is 0 Å². The van der Waals surface area contributed by atoms with Crippen molar-refractivity contribution >= 4 is 10.9 Å². The Kier molecular flexibility index (Phi) is 2.01. The number of hydrogen-bond acceptors (Lipinski definition) is 1. The van der Waals surface area contributed by atoms with Gasteiger partial charge in [0.1, 0.15) is 0 Å². The Morgan fingerprint density at radius 1 is 1.36 bits per heavy atom. The highest BCUT2D eigenvalue weighted by Gasteiger charge is 2.08. The minimum absolute atomic E-state index is 0.481. The number of nitriles is 1. The lowest BCUT2D eigenvalue weighted by atomic mass is 10.1. The molecule has 14 heavy (non-hydrogen) atoms. The molecule has 1 N–H and O–H groups in total. The molecule has 0 aliphatic rings. The van der Waals surface area contributed by atoms with Crippen LogP contribution in [-0.2, 0) is 6.42 Å². The van der Waals surface area contributed by atoms with Crippen LogP contribution in [0.1, 0.15) is 16.8 Å². The molecule has 0 unspecified atom stereocenters. The van der Waals surface area contributed by atoms with E-state index < -0.39 is 0 Å². The van der Waals surface area contributed by atoms with Crippen LogP contribution in [0, 0.1) is 25.2 Å². The second-order valence-electron chi connectivity index (χ2n) is 3.56. The summed E-state index contributed by atoms with van der Waals surface area (Å²) in [6.07, 6.45) is 0.481. The van der Waals surface area contributed by atoms with E-state index in [0.717, 1.165) is 16.8 Å². The summed E-state index contributed by atoms with van der Waals surface area (Å²) in [5.41, 5.74) is 4.63. The predicted molar refractivity (Wildman–Crippen MR) is 57.1 cm³/mol. The van der Waals surface area contributed by atoms with E-state index in [0.29, 0.717) is 6.42 Å². The van der Waals surface area contributed by atoms with Crippen LogP contribution < -0.4 is 0 Å². The van der Waals surface area contributed by atoms with Crippen molar-refractivity contribution in [2.24, 2.45) is 0 Å². The first-order valence-electron chi connectivity index (χ1n) is 4.67. The number of fused-ring (bicyclic) bond motifs is 1. The monoisotopic (exact) mass is 184 g/mol. The summed E-state index contributed by atoms with van der Waals surface area (Å²) < 4.78 is 0. The maximum absolute atomic E-state index is 8.73. The van der Waals surface area contributed by atoms with Crippen LogP contribution in [-0.4, -0.2) is 4.98 Å². The smallest absolute Gasteiger partial charge is 0.0670 e. The molecule has 0 atom stereocenters. The van der Waals surface area contributed by atoms with Crippen LogP contribution in [0.25, 0.3) is 10.9 Å². The molecule has 0 amide bonds. The summed E-state index contributed by atoms with van der Waals surface area (Å²) in [6, 6.07) is 8.38. The molecule has 0 spiro atoms. The van der Waals surface area contributed by atoms with Crippen molar-refractivity contribution in [1.82, 2.24) is 4.98 Å². The fraction of sp³-hybridized carbons (Fsp3) is 0.250. The van der Waals surface area contributed by atoms with Gasteiger partial charge in [-0.15, -0.1) is 0 Å². The summed E-state index contributed by atoms with van der Waals surface area (Å²) >= 11 is 0. The number of hydrogen-bond donors (Lipinski definition) is 1. The standard InChI is InChI=1S/C12H12N2/c1-8-4-3-5-11-10(6-7-13)9(2)14-12(8)11/h3-5,14H,6H2,1-2H3. The van der Waals surface area contributed by atoms with Crippen molar-refractivity contribution in [1.29, 1.82) is 5.26 Å². The molecule has 0 saturated carbocycles. The number of benzene rings is 1. The molecule has 1 heterocycles. The van der Waals surface area contributed by atoms with Crippen LogP contribution in [0.5, 0.6) is 0 Å². The van der Waals surface area contributed by atoms with Gasteiger partial charge in [0.05, 0.1) is 12.5 Å². The van der Waals surface area contributed by atoms with Gasteiger partial charge < -0.3 is 4.98 Å². The topological polar surface area (TPSA) is 39.6 Å². The van der Waals surface area contributed by atoms with Gasteiger partial charge in [-0.1, -0.05) is 18.2 Å². The van der Waals surface area contributed by atoms with Crippen molar-refractivity contribution in [3.05, 3.63) is 35.0 Å². The number of para-hydroxylation sites is 1. The van der Waals surface area contributed by atoms with Crippen LogP contribution in [0.4, 0.5) is 0 Å². The molecule has 0 radical (unpaired) electrons. The fourth-order valence-corrected chi connectivity index (χ4v) is 1.86. The minimum atomic E-state index is 0.481. The van der Waals surface area contributed by atoms with Gasteiger partial charge in [0.25, 0.3) is 0 Å². The molecule has 2 heteroatoms. The van der Waals surface area contributed by atoms with Gasteiger partial charge in [-0.3, -0.25) is 0 Å². The van der Waals surface area contributed by atoms with Crippen molar-refractivity contribution in [2.75, 3.05) is 0 Å². The SMILES string of the molecule is Cc1[nH]c2c(C)cccc2c1CC#N. The summed E-state index contributed by atoms with van der Waals surface area (Å²) in [5, 5.41) is 9.91. The highest BCUT2D eigenvalue weighted by atomic mass is 14.7. The van der Waals surface area contributed by atoms with E-state index in [9.17, 15) is 0 Å². The Bertz CT molecular complexity index is 515. The number of aromatic nitrogens is 1. The Balaban J connectivity index is 2.78. The molecule has 1 aromatic carbocycles. The van der Waals surface area contributed by atoms with Crippen molar-refractivity contribution in [3.63, 3.8) is 0 Å². The molecule has 70 valence electrons. The molecule has 1 aromatic heterocycles. The number of H-pyrrole nitrogens is 1. The number of rotatable bonds is 1. The lowest BCUT2D eigenvalue weighted by Crippen LogP contribution is -1.82. The van der Waals surface area contributed by atoms with Crippen molar-refractivity contribution in [3.8, 4) is 6.07 Å². The molecule has 2 nitrogen and oxygen atoms in total. The average molecular weight is 184 g/mol. The zero-order chi connectivity index (χ0) is 10.1. The highest BCUT2D eigenvalue weighted by molar-refractivity contribution is 5.87. The summed E-state index contributed by atoms with van der Waals surface area (Å²) in [5.74, 6) is 0. The van der Waals surface area contributed by atoms with E-state index in [1.54, 1.807) is 0 Å². The lowest BCUT2D eigenvalue weighted by Gasteiger charge is -1.95. The second-order valence-corrected chi connectivity index (χ2v) is 3.56. The first-order chi connectivity index (χ1) is 6.74. The first kappa shape index (κ1) is 8.83. The Morgan fingerprint density at radius 3 is 2.86 bits per heavy atom. The van der Waals surface area contributed by atoms with Gasteiger partial charge in [0.15, 0.2) is 0 Å². The second kappa shape index (κ2) is 3.19. The van der Waals surface area contributed by atoms with Gasteiger partial charge in [0.2, 0.25) is 0 Å². The molecule has 0 saturated heterocycles. The molecule has 2 aromatic rings. The molecule has 0 bridgehead atoms. The molecule has 2 rings (SSSR count). The molecular weight excluding hydrogens is 172 g/mol. The summed E-state index contributed by atoms with van der Waals surface area (Å²) in [6.45, 7) is 4.10. The van der Waals surface area contributed by atoms with Gasteiger partial charge in [-0.25, -0.2) is 0 Å². The third-order valence-electron chi connectivity index (χ3n) is 2.62. The molecule has 0 aliphatic heterocycles. The maximum Gasteiger partial charge on any atom is 0.0670 e. The van der Waals surface area contributed by atoms with E-state index in [1.807, 2.05) is 13.0 Å². The van der Waals surface area contributed by atoms with E-state index >= 15 is 0 Å². The summed E-state index contributed by atoms with van der Waals surface area (Å²) in [4.78, 5) is 3.33. The minimum Gasteiger partial charge on any atom is -0.358 e. The zero-order valence-electron chi connectivity index (χ0n) is 8.39. The molecule has 0 fully saturated rings. The zero-order valence-corrected chi connectivity index (χ0v) is 8.39. The quantitative estimate of drug-likeness (QED) is 0.727. The van der Waals surface area contributed by atoms with Gasteiger partial charge in [0, 0.05) is 16.6 Å². The number of aryl methyl sites for hydroxylation is 2. The predicted octanol–water partition coefficient (Wildman–Crippen LogP) is 2.85. The Labute approximate surface area is 83.2 Å². The third kappa shape index (κ3) is 1.18. The number of nitrogens with one attached hydrogen (secondary N) is 1. The van der Waals surface area contributed by atoms with E-state index in [-0.39, 0.29) is 0 Å². The largest absolute Gasteiger partial charge is 0.358 e. The summed E-state index contributed by atoms with van der Waals surface area (Å²) in [7, 11) is 0. The van der Waals surface area contributed by atoms with Crippen molar-refractivity contribution < 1.29 is 0 Å². The fourth-order valence-electron chi connectivity index (χ4n) is 1.86. The lowest BCUT2D eigenvalue weighted by molar-refractivity contribution is 1.19. The van der Waals surface area contributed by atoms with Crippen molar-refractivity contribution in [2.45, 2.75) is 20.3 Å².